The third-order valence-corrected chi connectivity index (χ3v) is 4.90. The molecule has 132 valence electrons. The maximum Gasteiger partial charge on any atom is 0.416 e. The maximum atomic E-state index is 13.2. The number of rotatable bonds is 2. The van der Waals surface area contributed by atoms with Crippen molar-refractivity contribution in [3.05, 3.63) is 101 Å². The number of alkyl halides is 3. The normalized spacial score (nSPS) is 17.0. The van der Waals surface area contributed by atoms with E-state index >= 15 is 0 Å². The van der Waals surface area contributed by atoms with Gasteiger partial charge >= 0.3 is 6.18 Å². The van der Waals surface area contributed by atoms with Crippen LogP contribution in [0.1, 0.15) is 28.3 Å². The van der Waals surface area contributed by atoms with Crippen molar-refractivity contribution in [1.82, 2.24) is 0 Å². The first-order valence-corrected chi connectivity index (χ1v) is 8.61. The Balaban J connectivity index is 1.83. The third-order valence-electron chi connectivity index (χ3n) is 4.90. The average molecular weight is 353 g/mol. The molecule has 0 amide bonds. The molecule has 1 nitrogen and oxygen atoms in total. The number of benzene rings is 3. The molecule has 0 aliphatic carbocycles. The minimum atomic E-state index is -4.34. The van der Waals surface area contributed by atoms with Crippen molar-refractivity contribution in [3.8, 4) is 0 Å². The van der Waals surface area contributed by atoms with Gasteiger partial charge in [-0.3, -0.25) is 0 Å². The second kappa shape index (κ2) is 6.52. The number of nitrogens with zero attached hydrogens (tertiary/aromatic N) is 1. The SMILES string of the molecule is FC(F)(F)c1cccc(N2CCc3ccccc3[C@H]2c2ccccc2)c1. The third kappa shape index (κ3) is 3.07. The predicted octanol–water partition coefficient (Wildman–Crippen LogP) is 5.86. The molecule has 4 heteroatoms. The van der Waals surface area contributed by atoms with Crippen LogP contribution in [0.5, 0.6) is 0 Å². The second-order valence-electron chi connectivity index (χ2n) is 6.50. The van der Waals surface area contributed by atoms with E-state index in [4.69, 9.17) is 0 Å². The molecule has 0 N–H and O–H groups in total. The van der Waals surface area contributed by atoms with Crippen LogP contribution in [0.25, 0.3) is 0 Å². The van der Waals surface area contributed by atoms with E-state index in [0.717, 1.165) is 23.6 Å². The predicted molar refractivity (Wildman–Crippen MR) is 97.2 cm³/mol. The van der Waals surface area contributed by atoms with Gasteiger partial charge in [0.15, 0.2) is 0 Å². The molecular formula is C22H18F3N. The average Bonchev–Trinajstić information content (AvgIpc) is 2.67. The lowest BCUT2D eigenvalue weighted by Gasteiger charge is -2.39. The summed E-state index contributed by atoms with van der Waals surface area (Å²) in [5.74, 6) is 0. The molecule has 1 aliphatic heterocycles. The first kappa shape index (κ1) is 16.7. The van der Waals surface area contributed by atoms with Crippen LogP contribution in [0.3, 0.4) is 0 Å². The Bertz CT molecular complexity index is 903. The summed E-state index contributed by atoms with van der Waals surface area (Å²) in [5, 5.41) is 0. The summed E-state index contributed by atoms with van der Waals surface area (Å²) in [5.41, 5.74) is 3.48. The zero-order valence-corrected chi connectivity index (χ0v) is 14.1. The topological polar surface area (TPSA) is 3.24 Å². The number of fused-ring (bicyclic) bond motifs is 1. The molecule has 0 saturated carbocycles. The Morgan fingerprint density at radius 3 is 2.31 bits per heavy atom. The number of anilines is 1. The molecule has 0 saturated heterocycles. The fourth-order valence-electron chi connectivity index (χ4n) is 3.70. The summed E-state index contributed by atoms with van der Waals surface area (Å²) < 4.78 is 39.5. The molecule has 0 unspecified atom stereocenters. The molecule has 3 aromatic rings. The van der Waals surface area contributed by atoms with Gasteiger partial charge in [-0.2, -0.15) is 13.2 Å². The molecule has 0 spiro atoms. The van der Waals surface area contributed by atoms with Gasteiger partial charge in [0, 0.05) is 12.2 Å². The van der Waals surface area contributed by atoms with E-state index in [9.17, 15) is 13.2 Å². The van der Waals surface area contributed by atoms with Crippen LogP contribution < -0.4 is 4.90 Å². The Morgan fingerprint density at radius 2 is 1.54 bits per heavy atom. The quantitative estimate of drug-likeness (QED) is 0.558. The van der Waals surface area contributed by atoms with Crippen LogP contribution in [-0.4, -0.2) is 6.54 Å². The fraction of sp³-hybridized carbons (Fsp3) is 0.182. The standard InChI is InChI=1S/C22H18F3N/c23-22(24,25)18-10-6-11-19(15-18)26-14-13-16-7-4-5-12-20(16)21(26)17-8-2-1-3-9-17/h1-12,15,21H,13-14H2/t21-/m1/s1. The van der Waals surface area contributed by atoms with Crippen molar-refractivity contribution in [2.24, 2.45) is 0 Å². The summed E-state index contributed by atoms with van der Waals surface area (Å²) >= 11 is 0. The van der Waals surface area contributed by atoms with Crippen molar-refractivity contribution in [1.29, 1.82) is 0 Å². The van der Waals surface area contributed by atoms with Gasteiger partial charge in [0.25, 0.3) is 0 Å². The zero-order chi connectivity index (χ0) is 18.1. The van der Waals surface area contributed by atoms with Gasteiger partial charge in [0.2, 0.25) is 0 Å². The number of hydrogen-bond acceptors (Lipinski definition) is 1. The van der Waals surface area contributed by atoms with Crippen LogP contribution >= 0.6 is 0 Å². The molecule has 4 rings (SSSR count). The van der Waals surface area contributed by atoms with Gasteiger partial charge < -0.3 is 4.90 Å². The molecule has 0 aromatic heterocycles. The highest BCUT2D eigenvalue weighted by Gasteiger charge is 2.33. The summed E-state index contributed by atoms with van der Waals surface area (Å²) in [7, 11) is 0. The number of halogens is 3. The Morgan fingerprint density at radius 1 is 0.808 bits per heavy atom. The molecule has 3 aromatic carbocycles. The molecular weight excluding hydrogens is 335 g/mol. The van der Waals surface area contributed by atoms with Crippen molar-refractivity contribution in [3.63, 3.8) is 0 Å². The summed E-state index contributed by atoms with van der Waals surface area (Å²) in [6, 6.07) is 23.7. The van der Waals surface area contributed by atoms with Crippen LogP contribution in [0.15, 0.2) is 78.9 Å². The van der Waals surface area contributed by atoms with E-state index in [2.05, 4.69) is 17.0 Å². The monoisotopic (exact) mass is 353 g/mol. The van der Waals surface area contributed by atoms with Crippen molar-refractivity contribution in [2.75, 3.05) is 11.4 Å². The van der Waals surface area contributed by atoms with E-state index in [-0.39, 0.29) is 6.04 Å². The van der Waals surface area contributed by atoms with E-state index in [0.29, 0.717) is 12.2 Å². The minimum absolute atomic E-state index is 0.0929. The van der Waals surface area contributed by atoms with Gasteiger partial charge in [-0.1, -0.05) is 60.7 Å². The number of hydrogen-bond donors (Lipinski definition) is 0. The minimum Gasteiger partial charge on any atom is -0.360 e. The molecule has 26 heavy (non-hydrogen) atoms. The first-order chi connectivity index (χ1) is 12.5. The van der Waals surface area contributed by atoms with Gasteiger partial charge in [0.05, 0.1) is 11.6 Å². The summed E-state index contributed by atoms with van der Waals surface area (Å²) in [4.78, 5) is 2.08. The summed E-state index contributed by atoms with van der Waals surface area (Å²) in [6.45, 7) is 0.678. The molecule has 0 bridgehead atoms. The highest BCUT2D eigenvalue weighted by molar-refractivity contribution is 5.57. The molecule has 0 fully saturated rings. The lowest BCUT2D eigenvalue weighted by Crippen LogP contribution is -2.36. The largest absolute Gasteiger partial charge is 0.416 e. The smallest absolute Gasteiger partial charge is 0.360 e. The van der Waals surface area contributed by atoms with Gasteiger partial charge in [-0.25, -0.2) is 0 Å². The zero-order valence-electron chi connectivity index (χ0n) is 14.1. The molecule has 1 atom stereocenters. The highest BCUT2D eigenvalue weighted by Crippen LogP contribution is 2.40. The van der Waals surface area contributed by atoms with Crippen LogP contribution in [0, 0.1) is 0 Å². The van der Waals surface area contributed by atoms with Gasteiger partial charge in [0.1, 0.15) is 0 Å². The van der Waals surface area contributed by atoms with E-state index in [1.54, 1.807) is 6.07 Å². The lowest BCUT2D eigenvalue weighted by atomic mass is 9.87. The lowest BCUT2D eigenvalue weighted by molar-refractivity contribution is -0.137. The maximum absolute atomic E-state index is 13.2. The second-order valence-corrected chi connectivity index (χ2v) is 6.50. The Labute approximate surface area is 150 Å². The first-order valence-electron chi connectivity index (χ1n) is 8.61. The molecule has 1 heterocycles. The van der Waals surface area contributed by atoms with Crippen molar-refractivity contribution in [2.45, 2.75) is 18.6 Å². The van der Waals surface area contributed by atoms with E-state index in [1.807, 2.05) is 42.5 Å². The molecule has 0 radical (unpaired) electrons. The Kier molecular flexibility index (Phi) is 4.19. The summed E-state index contributed by atoms with van der Waals surface area (Å²) in [6.07, 6.45) is -3.53. The van der Waals surface area contributed by atoms with Gasteiger partial charge in [-0.05, 0) is 41.3 Å². The van der Waals surface area contributed by atoms with E-state index < -0.39 is 11.7 Å². The van der Waals surface area contributed by atoms with Crippen LogP contribution in [-0.2, 0) is 12.6 Å². The highest BCUT2D eigenvalue weighted by atomic mass is 19.4. The Hall–Kier alpha value is -2.75. The van der Waals surface area contributed by atoms with E-state index in [1.165, 1.54) is 17.7 Å². The van der Waals surface area contributed by atoms with Crippen molar-refractivity contribution >= 4 is 5.69 Å². The molecule has 1 aliphatic rings. The van der Waals surface area contributed by atoms with Crippen molar-refractivity contribution < 1.29 is 13.2 Å². The van der Waals surface area contributed by atoms with Gasteiger partial charge in [-0.15, -0.1) is 0 Å². The van der Waals surface area contributed by atoms with Crippen LogP contribution in [0.2, 0.25) is 0 Å². The fourth-order valence-corrected chi connectivity index (χ4v) is 3.70. The van der Waals surface area contributed by atoms with Crippen LogP contribution in [0.4, 0.5) is 18.9 Å².